The molecule has 1 atom stereocenters. The number of piperidine rings is 1. The molecule has 0 radical (unpaired) electrons. The van der Waals surface area contributed by atoms with Crippen molar-refractivity contribution in [2.45, 2.75) is 63.0 Å². The van der Waals surface area contributed by atoms with Crippen molar-refractivity contribution in [1.29, 1.82) is 0 Å². The van der Waals surface area contributed by atoms with Crippen LogP contribution < -0.4 is 5.32 Å². The molecule has 2 aliphatic rings. The van der Waals surface area contributed by atoms with Crippen LogP contribution in [0, 0.1) is 0 Å². The number of hydrogen-bond acceptors (Lipinski definition) is 8. The molecule has 3 rings (SSSR count). The van der Waals surface area contributed by atoms with Crippen LogP contribution in [0.3, 0.4) is 0 Å². The molecule has 2 heterocycles. The van der Waals surface area contributed by atoms with E-state index >= 15 is 0 Å². The third-order valence-corrected chi connectivity index (χ3v) is 6.63. The fraction of sp³-hybridized carbons (Fsp3) is 0.542. The monoisotopic (exact) mass is 489 g/mol. The molecule has 0 bridgehead atoms. The van der Waals surface area contributed by atoms with Crippen molar-refractivity contribution in [1.82, 2.24) is 15.1 Å². The molecule has 10 heteroatoms. The highest BCUT2D eigenvalue weighted by molar-refractivity contribution is 7.99. The summed E-state index contributed by atoms with van der Waals surface area (Å²) in [5.74, 6) is -1.52. The Bertz CT molecular complexity index is 1000. The molecule has 184 valence electrons. The van der Waals surface area contributed by atoms with Crippen LogP contribution in [0.4, 0.5) is 0 Å². The number of carbonyl (C=O) groups is 5. The number of benzene rings is 1. The van der Waals surface area contributed by atoms with Gasteiger partial charge in [-0.1, -0.05) is 6.07 Å². The van der Waals surface area contributed by atoms with Crippen LogP contribution in [0.1, 0.15) is 67.2 Å². The Kier molecular flexibility index (Phi) is 8.14. The van der Waals surface area contributed by atoms with Crippen molar-refractivity contribution in [2.75, 3.05) is 25.9 Å². The molecule has 0 spiro atoms. The van der Waals surface area contributed by atoms with Crippen LogP contribution in [0.15, 0.2) is 23.1 Å². The molecule has 4 amide bonds. The van der Waals surface area contributed by atoms with Gasteiger partial charge in [0.05, 0.1) is 17.5 Å². The van der Waals surface area contributed by atoms with E-state index in [4.69, 9.17) is 4.74 Å². The smallest absolute Gasteiger partial charge is 0.307 e. The van der Waals surface area contributed by atoms with E-state index in [1.54, 1.807) is 18.2 Å². The molecule has 0 aliphatic carbocycles. The molecule has 9 nitrogen and oxygen atoms in total. The topological polar surface area (TPSA) is 113 Å². The van der Waals surface area contributed by atoms with Gasteiger partial charge in [-0.05, 0) is 65.1 Å². The number of imide groups is 2. The van der Waals surface area contributed by atoms with Crippen molar-refractivity contribution in [3.05, 3.63) is 29.3 Å². The molecule has 1 N–H and O–H groups in total. The fourth-order valence-electron chi connectivity index (χ4n) is 3.91. The van der Waals surface area contributed by atoms with E-state index in [0.29, 0.717) is 29.2 Å². The maximum atomic E-state index is 13.1. The SMILES string of the molecule is CN(CCCSc1cccc2c1C(=O)N(C1CCC(=O)NC1=O)C2=O)CCC(=O)OC(C)(C)C. The summed E-state index contributed by atoms with van der Waals surface area (Å²) >= 11 is 1.48. The molecule has 1 saturated heterocycles. The minimum absolute atomic E-state index is 0.0901. The molecular formula is C24H31N3O6S. The first kappa shape index (κ1) is 25.9. The standard InChI is InChI=1S/C24H31N3O6S/c1-24(2,3)33-19(29)11-13-26(4)12-6-14-34-17-8-5-7-15-20(17)23(32)27(22(15)31)16-9-10-18(28)25-21(16)30/h5,7-8,16H,6,9-14H2,1-4H3,(H,25,28,30). The van der Waals surface area contributed by atoms with Crippen molar-refractivity contribution in [3.63, 3.8) is 0 Å². The van der Waals surface area contributed by atoms with Crippen molar-refractivity contribution in [2.24, 2.45) is 0 Å². The number of carbonyl (C=O) groups excluding carboxylic acids is 5. The summed E-state index contributed by atoms with van der Waals surface area (Å²) < 4.78 is 5.32. The van der Waals surface area contributed by atoms with Crippen molar-refractivity contribution >= 4 is 41.4 Å². The van der Waals surface area contributed by atoms with E-state index in [-0.39, 0.29) is 24.4 Å². The molecule has 1 unspecified atom stereocenters. The first-order valence-electron chi connectivity index (χ1n) is 11.4. The van der Waals surface area contributed by atoms with Gasteiger partial charge >= 0.3 is 5.97 Å². The van der Waals surface area contributed by atoms with Crippen LogP contribution >= 0.6 is 11.8 Å². The normalized spacial score (nSPS) is 18.4. The van der Waals surface area contributed by atoms with E-state index in [9.17, 15) is 24.0 Å². The van der Waals surface area contributed by atoms with Gasteiger partial charge in [-0.2, -0.15) is 0 Å². The Morgan fingerprint density at radius 1 is 1.18 bits per heavy atom. The van der Waals surface area contributed by atoms with Gasteiger partial charge in [-0.15, -0.1) is 11.8 Å². The number of ether oxygens (including phenoxy) is 1. The maximum Gasteiger partial charge on any atom is 0.307 e. The first-order chi connectivity index (χ1) is 16.0. The Hall–Kier alpha value is -2.72. The van der Waals surface area contributed by atoms with Crippen LogP contribution in [-0.4, -0.2) is 76.9 Å². The van der Waals surface area contributed by atoms with E-state index in [1.807, 2.05) is 27.8 Å². The summed E-state index contributed by atoms with van der Waals surface area (Å²) in [6, 6.07) is 4.15. The van der Waals surface area contributed by atoms with Crippen molar-refractivity contribution in [3.8, 4) is 0 Å². The van der Waals surface area contributed by atoms with E-state index in [2.05, 4.69) is 10.2 Å². The average Bonchev–Trinajstić information content (AvgIpc) is 3.00. The minimum Gasteiger partial charge on any atom is -0.460 e. The number of nitrogens with one attached hydrogen (secondary N) is 1. The van der Waals surface area contributed by atoms with Crippen LogP contribution in [0.25, 0.3) is 0 Å². The van der Waals surface area contributed by atoms with E-state index < -0.39 is 35.3 Å². The molecular weight excluding hydrogens is 458 g/mol. The zero-order valence-corrected chi connectivity index (χ0v) is 20.8. The lowest BCUT2D eigenvalue weighted by Gasteiger charge is -2.27. The predicted octanol–water partition coefficient (Wildman–Crippen LogP) is 2.23. The van der Waals surface area contributed by atoms with Gasteiger partial charge in [0.25, 0.3) is 11.8 Å². The predicted molar refractivity (Wildman–Crippen MR) is 126 cm³/mol. The Morgan fingerprint density at radius 3 is 2.59 bits per heavy atom. The number of nitrogens with zero attached hydrogens (tertiary/aromatic N) is 2. The highest BCUT2D eigenvalue weighted by Gasteiger charge is 2.45. The lowest BCUT2D eigenvalue weighted by Crippen LogP contribution is -2.54. The average molecular weight is 490 g/mol. The quantitative estimate of drug-likeness (QED) is 0.243. The maximum absolute atomic E-state index is 13.1. The molecule has 0 aromatic heterocycles. The largest absolute Gasteiger partial charge is 0.460 e. The lowest BCUT2D eigenvalue weighted by atomic mass is 10.0. The number of esters is 1. The molecule has 2 aliphatic heterocycles. The van der Waals surface area contributed by atoms with Crippen LogP contribution in [0.5, 0.6) is 0 Å². The molecule has 1 aromatic rings. The van der Waals surface area contributed by atoms with E-state index in [1.165, 1.54) is 11.8 Å². The third-order valence-electron chi connectivity index (χ3n) is 5.49. The zero-order valence-electron chi connectivity index (χ0n) is 20.0. The Labute approximate surface area is 203 Å². The highest BCUT2D eigenvalue weighted by Crippen LogP contribution is 2.34. The van der Waals surface area contributed by atoms with Gasteiger partial charge in [0.1, 0.15) is 11.6 Å². The van der Waals surface area contributed by atoms with Gasteiger partial charge < -0.3 is 9.64 Å². The summed E-state index contributed by atoms with van der Waals surface area (Å²) in [6.45, 7) is 6.88. The summed E-state index contributed by atoms with van der Waals surface area (Å²) in [7, 11) is 1.94. The van der Waals surface area contributed by atoms with Crippen LogP contribution in [-0.2, 0) is 19.1 Å². The van der Waals surface area contributed by atoms with Gasteiger partial charge in [-0.25, -0.2) is 0 Å². The minimum atomic E-state index is -0.971. The number of amides is 4. The molecule has 1 aromatic carbocycles. The molecule has 0 saturated carbocycles. The van der Waals surface area contributed by atoms with Crippen LogP contribution in [0.2, 0.25) is 0 Å². The number of hydrogen-bond donors (Lipinski definition) is 1. The van der Waals surface area contributed by atoms with Gasteiger partial charge in [-0.3, -0.25) is 34.2 Å². The number of fused-ring (bicyclic) bond motifs is 1. The summed E-state index contributed by atoms with van der Waals surface area (Å²) in [4.78, 5) is 65.3. The van der Waals surface area contributed by atoms with Gasteiger partial charge in [0, 0.05) is 17.9 Å². The van der Waals surface area contributed by atoms with Gasteiger partial charge in [0.15, 0.2) is 0 Å². The van der Waals surface area contributed by atoms with E-state index in [0.717, 1.165) is 17.9 Å². The highest BCUT2D eigenvalue weighted by atomic mass is 32.2. The Balaban J connectivity index is 1.53. The van der Waals surface area contributed by atoms with Crippen molar-refractivity contribution < 1.29 is 28.7 Å². The second-order valence-electron chi connectivity index (χ2n) is 9.47. The second-order valence-corrected chi connectivity index (χ2v) is 10.6. The summed E-state index contributed by atoms with van der Waals surface area (Å²) in [5.41, 5.74) is 0.115. The summed E-state index contributed by atoms with van der Waals surface area (Å²) in [6.07, 6.45) is 1.36. The number of rotatable bonds is 9. The lowest BCUT2D eigenvalue weighted by molar-refractivity contribution is -0.155. The summed E-state index contributed by atoms with van der Waals surface area (Å²) in [5, 5.41) is 2.21. The second kappa shape index (κ2) is 10.7. The molecule has 34 heavy (non-hydrogen) atoms. The zero-order chi connectivity index (χ0) is 25.0. The molecule has 1 fully saturated rings. The number of thioether (sulfide) groups is 1. The Morgan fingerprint density at radius 2 is 1.91 bits per heavy atom. The fourth-order valence-corrected chi connectivity index (χ4v) is 4.92. The van der Waals surface area contributed by atoms with Gasteiger partial charge in [0.2, 0.25) is 11.8 Å². The first-order valence-corrected chi connectivity index (χ1v) is 12.3. The third kappa shape index (κ3) is 6.24.